The lowest BCUT2D eigenvalue weighted by molar-refractivity contribution is -0.0355. The Morgan fingerprint density at radius 1 is 0.909 bits per heavy atom. The Kier molecular flexibility index (Phi) is 5.63. The van der Waals surface area contributed by atoms with Gasteiger partial charge in [-0.05, 0) is 30.4 Å². The summed E-state index contributed by atoms with van der Waals surface area (Å²) >= 11 is 0. The number of morpholine rings is 1. The summed E-state index contributed by atoms with van der Waals surface area (Å²) in [5.41, 5.74) is 2.83. The predicted molar refractivity (Wildman–Crippen MR) is 90.8 cm³/mol. The van der Waals surface area contributed by atoms with Crippen molar-refractivity contribution in [2.45, 2.75) is 31.9 Å². The molecule has 0 unspecified atom stereocenters. The quantitative estimate of drug-likeness (QED) is 0.801. The maximum atomic E-state index is 5.94. The minimum atomic E-state index is 0.390. The summed E-state index contributed by atoms with van der Waals surface area (Å²) in [6, 6.07) is 21.5. The van der Waals surface area contributed by atoms with Crippen LogP contribution < -0.4 is 0 Å². The lowest BCUT2D eigenvalue weighted by atomic mass is 10.0. The third-order valence-corrected chi connectivity index (χ3v) is 4.31. The van der Waals surface area contributed by atoms with Crippen LogP contribution in [0, 0.1) is 0 Å². The van der Waals surface area contributed by atoms with Crippen molar-refractivity contribution in [2.24, 2.45) is 0 Å². The summed E-state index contributed by atoms with van der Waals surface area (Å²) in [6.07, 6.45) is 3.90. The van der Waals surface area contributed by atoms with Crippen molar-refractivity contribution in [1.82, 2.24) is 4.90 Å². The third kappa shape index (κ3) is 4.69. The van der Waals surface area contributed by atoms with Crippen molar-refractivity contribution in [3.63, 3.8) is 0 Å². The molecule has 116 valence electrons. The van der Waals surface area contributed by atoms with Crippen LogP contribution in [0.3, 0.4) is 0 Å². The molecule has 0 aromatic heterocycles. The van der Waals surface area contributed by atoms with Gasteiger partial charge in [0.1, 0.15) is 0 Å². The highest BCUT2D eigenvalue weighted by atomic mass is 16.5. The van der Waals surface area contributed by atoms with Crippen molar-refractivity contribution in [1.29, 1.82) is 0 Å². The fourth-order valence-corrected chi connectivity index (χ4v) is 3.12. The van der Waals surface area contributed by atoms with E-state index in [2.05, 4.69) is 65.6 Å². The van der Waals surface area contributed by atoms with E-state index in [1.807, 2.05) is 0 Å². The first kappa shape index (κ1) is 15.3. The predicted octanol–water partition coefficient (Wildman–Crippen LogP) is 3.91. The highest BCUT2D eigenvalue weighted by molar-refractivity contribution is 5.15. The molecule has 3 rings (SSSR count). The topological polar surface area (TPSA) is 12.5 Å². The molecule has 0 aliphatic carbocycles. The molecule has 1 heterocycles. The first-order chi connectivity index (χ1) is 10.9. The van der Waals surface area contributed by atoms with Gasteiger partial charge in [0.2, 0.25) is 0 Å². The maximum Gasteiger partial charge on any atom is 0.0702 e. The van der Waals surface area contributed by atoms with Crippen LogP contribution >= 0.6 is 0 Å². The molecule has 2 aromatic rings. The largest absolute Gasteiger partial charge is 0.376 e. The number of rotatable bonds is 6. The standard InChI is InChI=1S/C20H25NO/c1-3-8-18(9-4-1)12-7-13-20-17-21(14-15-22-20)16-19-10-5-2-6-11-19/h1-6,8-11,20H,7,12-17H2/t20-/m1/s1. The number of benzene rings is 2. The number of hydrogen-bond acceptors (Lipinski definition) is 2. The minimum Gasteiger partial charge on any atom is -0.376 e. The van der Waals surface area contributed by atoms with E-state index in [4.69, 9.17) is 4.74 Å². The second-order valence-electron chi connectivity index (χ2n) is 6.09. The highest BCUT2D eigenvalue weighted by Gasteiger charge is 2.20. The van der Waals surface area contributed by atoms with Gasteiger partial charge in [0.15, 0.2) is 0 Å². The molecule has 0 amide bonds. The van der Waals surface area contributed by atoms with Crippen LogP contribution in [0.2, 0.25) is 0 Å². The molecule has 1 atom stereocenters. The summed E-state index contributed by atoms with van der Waals surface area (Å²) in [6.45, 7) is 4.01. The van der Waals surface area contributed by atoms with Crippen molar-refractivity contribution < 1.29 is 4.74 Å². The molecule has 0 N–H and O–H groups in total. The highest BCUT2D eigenvalue weighted by Crippen LogP contribution is 2.15. The van der Waals surface area contributed by atoms with Gasteiger partial charge >= 0.3 is 0 Å². The summed E-state index contributed by atoms with van der Waals surface area (Å²) < 4.78 is 5.94. The Labute approximate surface area is 133 Å². The second-order valence-corrected chi connectivity index (χ2v) is 6.09. The molecule has 1 saturated heterocycles. The molecule has 1 aliphatic rings. The molecule has 1 fully saturated rings. The van der Waals surface area contributed by atoms with Gasteiger partial charge in [0.25, 0.3) is 0 Å². The molecular formula is C20H25NO. The lowest BCUT2D eigenvalue weighted by Gasteiger charge is -2.33. The van der Waals surface area contributed by atoms with Crippen LogP contribution in [0.4, 0.5) is 0 Å². The number of aryl methyl sites for hydroxylation is 1. The molecule has 0 radical (unpaired) electrons. The van der Waals surface area contributed by atoms with Gasteiger partial charge in [-0.1, -0.05) is 60.7 Å². The van der Waals surface area contributed by atoms with Gasteiger partial charge in [0.05, 0.1) is 12.7 Å². The van der Waals surface area contributed by atoms with Gasteiger partial charge in [-0.2, -0.15) is 0 Å². The molecule has 0 bridgehead atoms. The van der Waals surface area contributed by atoms with E-state index in [9.17, 15) is 0 Å². The normalized spacial score (nSPS) is 19.2. The third-order valence-electron chi connectivity index (χ3n) is 4.31. The first-order valence-electron chi connectivity index (χ1n) is 8.32. The van der Waals surface area contributed by atoms with E-state index in [1.54, 1.807) is 0 Å². The van der Waals surface area contributed by atoms with Gasteiger partial charge in [-0.3, -0.25) is 4.90 Å². The fourth-order valence-electron chi connectivity index (χ4n) is 3.12. The number of nitrogens with zero attached hydrogens (tertiary/aromatic N) is 1. The summed E-state index contributed by atoms with van der Waals surface area (Å²) in [4.78, 5) is 2.52. The average molecular weight is 295 g/mol. The van der Waals surface area contributed by atoms with Crippen molar-refractivity contribution in [3.05, 3.63) is 71.8 Å². The summed E-state index contributed by atoms with van der Waals surface area (Å²) in [5, 5.41) is 0. The van der Waals surface area contributed by atoms with Crippen molar-refractivity contribution >= 4 is 0 Å². The second kappa shape index (κ2) is 8.11. The molecule has 0 spiro atoms. The Bertz CT molecular complexity index is 540. The number of ether oxygens (including phenoxy) is 1. The lowest BCUT2D eigenvalue weighted by Crippen LogP contribution is -2.41. The molecule has 2 aromatic carbocycles. The zero-order valence-corrected chi connectivity index (χ0v) is 13.2. The Hall–Kier alpha value is -1.64. The summed E-state index contributed by atoms with van der Waals surface area (Å²) in [5.74, 6) is 0. The van der Waals surface area contributed by atoms with Crippen LogP contribution in [-0.4, -0.2) is 30.7 Å². The minimum absolute atomic E-state index is 0.390. The monoisotopic (exact) mass is 295 g/mol. The molecule has 22 heavy (non-hydrogen) atoms. The zero-order chi connectivity index (χ0) is 15.0. The van der Waals surface area contributed by atoms with Crippen LogP contribution in [0.15, 0.2) is 60.7 Å². The van der Waals surface area contributed by atoms with Crippen LogP contribution in [0.25, 0.3) is 0 Å². The van der Waals surface area contributed by atoms with E-state index in [-0.39, 0.29) is 0 Å². The van der Waals surface area contributed by atoms with Gasteiger partial charge < -0.3 is 4.74 Å². The van der Waals surface area contributed by atoms with E-state index < -0.39 is 0 Å². The van der Waals surface area contributed by atoms with E-state index in [0.29, 0.717) is 6.10 Å². The van der Waals surface area contributed by atoms with Gasteiger partial charge in [0, 0.05) is 19.6 Å². The molecule has 1 aliphatic heterocycles. The van der Waals surface area contributed by atoms with E-state index in [1.165, 1.54) is 17.5 Å². The Balaban J connectivity index is 1.42. The van der Waals surface area contributed by atoms with E-state index in [0.717, 1.165) is 39.1 Å². The smallest absolute Gasteiger partial charge is 0.0702 e. The Morgan fingerprint density at radius 2 is 1.59 bits per heavy atom. The molecule has 2 nitrogen and oxygen atoms in total. The van der Waals surface area contributed by atoms with Crippen LogP contribution in [0.1, 0.15) is 24.0 Å². The van der Waals surface area contributed by atoms with Crippen molar-refractivity contribution in [3.8, 4) is 0 Å². The first-order valence-corrected chi connectivity index (χ1v) is 8.32. The Morgan fingerprint density at radius 3 is 2.32 bits per heavy atom. The van der Waals surface area contributed by atoms with Crippen molar-refractivity contribution in [2.75, 3.05) is 19.7 Å². The maximum absolute atomic E-state index is 5.94. The molecule has 0 saturated carbocycles. The average Bonchev–Trinajstić information content (AvgIpc) is 2.57. The van der Waals surface area contributed by atoms with E-state index >= 15 is 0 Å². The number of hydrogen-bond donors (Lipinski definition) is 0. The van der Waals surface area contributed by atoms with Gasteiger partial charge in [-0.15, -0.1) is 0 Å². The summed E-state index contributed by atoms with van der Waals surface area (Å²) in [7, 11) is 0. The molecule has 2 heteroatoms. The zero-order valence-electron chi connectivity index (χ0n) is 13.2. The fraction of sp³-hybridized carbons (Fsp3) is 0.400. The van der Waals surface area contributed by atoms with Crippen LogP contribution in [-0.2, 0) is 17.7 Å². The van der Waals surface area contributed by atoms with Crippen LogP contribution in [0.5, 0.6) is 0 Å². The van der Waals surface area contributed by atoms with Gasteiger partial charge in [-0.25, -0.2) is 0 Å². The SMILES string of the molecule is c1ccc(CCC[C@@H]2CN(Cc3ccccc3)CCO2)cc1. The molecular weight excluding hydrogens is 270 g/mol.